The molecule has 1 saturated carbocycles. The first-order valence-electron chi connectivity index (χ1n) is 38.6. The highest BCUT2D eigenvalue weighted by Crippen LogP contribution is 2.31. The van der Waals surface area contributed by atoms with Crippen LogP contribution in [0.25, 0.3) is 0 Å². The van der Waals surface area contributed by atoms with Crippen molar-refractivity contribution in [3.63, 3.8) is 0 Å². The van der Waals surface area contributed by atoms with Crippen LogP contribution in [0, 0.1) is 23.7 Å². The van der Waals surface area contributed by atoms with Gasteiger partial charge in [-0.15, -0.1) is 0 Å². The molecule has 1 aromatic carbocycles. The number of amides is 5. The van der Waals surface area contributed by atoms with E-state index in [4.69, 9.17) is 5.11 Å². The van der Waals surface area contributed by atoms with Crippen LogP contribution in [0.1, 0.15) is 292 Å². The molecule has 0 aromatic heterocycles. The van der Waals surface area contributed by atoms with E-state index in [1.807, 2.05) is 13.8 Å². The van der Waals surface area contributed by atoms with Crippen molar-refractivity contribution in [2.45, 2.75) is 322 Å². The van der Waals surface area contributed by atoms with Crippen molar-refractivity contribution in [1.29, 1.82) is 0 Å². The average Bonchev–Trinajstić information content (AvgIpc) is 0.845. The lowest BCUT2D eigenvalue weighted by atomic mass is 9.78. The van der Waals surface area contributed by atoms with Gasteiger partial charge in [0.05, 0.1) is 42.5 Å². The van der Waals surface area contributed by atoms with Crippen molar-refractivity contribution in [3.8, 4) is 5.75 Å². The minimum absolute atomic E-state index is 0.0390. The average molecular weight is 1470 g/mol. The Morgan fingerprint density at radius 1 is 0.490 bits per heavy atom. The highest BCUT2D eigenvalue weighted by Gasteiger charge is 2.35. The number of unbranched alkanes of at least 4 members (excludes halogenated alkanes) is 17. The predicted molar refractivity (Wildman–Crippen MR) is 396 cm³/mol. The van der Waals surface area contributed by atoms with Crippen LogP contribution in [0.3, 0.4) is 0 Å². The van der Waals surface area contributed by atoms with Crippen molar-refractivity contribution in [2.24, 2.45) is 23.7 Å². The molecule has 590 valence electrons. The van der Waals surface area contributed by atoms with Gasteiger partial charge in [0.2, 0.25) is 29.5 Å². The maximum Gasteiger partial charge on any atom is 0.326 e. The van der Waals surface area contributed by atoms with Gasteiger partial charge in [-0.2, -0.15) is 0 Å². The summed E-state index contributed by atoms with van der Waals surface area (Å²) < 4.78 is 0. The molecular formula is C78H129N7O19. The van der Waals surface area contributed by atoms with Crippen molar-refractivity contribution >= 4 is 82.3 Å². The third-order valence-electron chi connectivity index (χ3n) is 19.2. The molecule has 1 aliphatic rings. The van der Waals surface area contributed by atoms with Gasteiger partial charge in [-0.3, -0.25) is 62.3 Å². The number of hydrogen-bond donors (Lipinski definition) is 12. The first-order chi connectivity index (χ1) is 49.4. The van der Waals surface area contributed by atoms with Crippen LogP contribution < -0.4 is 37.2 Å². The van der Waals surface area contributed by atoms with Gasteiger partial charge in [0.15, 0.2) is 11.6 Å². The Labute approximate surface area is 617 Å². The molecule has 1 aliphatic carbocycles. The summed E-state index contributed by atoms with van der Waals surface area (Å²) in [5.74, 6) is -10.4. The zero-order valence-corrected chi connectivity index (χ0v) is 63.6. The van der Waals surface area contributed by atoms with E-state index in [0.717, 1.165) is 45.1 Å². The second kappa shape index (κ2) is 55.9. The molecule has 26 heteroatoms. The van der Waals surface area contributed by atoms with Gasteiger partial charge in [0.1, 0.15) is 35.2 Å². The second-order valence-corrected chi connectivity index (χ2v) is 28.8. The van der Waals surface area contributed by atoms with E-state index >= 15 is 0 Å². The van der Waals surface area contributed by atoms with Gasteiger partial charge in [0, 0.05) is 83.7 Å². The van der Waals surface area contributed by atoms with Crippen LogP contribution in [0.4, 0.5) is 0 Å². The fraction of sp³-hybridized carbons (Fsp3) is 0.744. The van der Waals surface area contributed by atoms with E-state index < -0.39 is 113 Å². The monoisotopic (exact) mass is 1470 g/mol. The molecule has 1 fully saturated rings. The summed E-state index contributed by atoms with van der Waals surface area (Å²) in [5.41, 5.74) is -0.730. The maximum absolute atomic E-state index is 13.6. The van der Waals surface area contributed by atoms with Crippen molar-refractivity contribution < 1.29 is 92.7 Å². The normalized spacial score (nSPS) is 15.2. The Kier molecular flexibility index (Phi) is 50.8. The summed E-state index contributed by atoms with van der Waals surface area (Å²) in [4.78, 5) is 174. The Morgan fingerprint density at radius 3 is 1.50 bits per heavy atom. The number of aromatic hydroxyl groups is 1. The predicted octanol–water partition coefficient (Wildman–Crippen LogP) is 10.1. The smallest absolute Gasteiger partial charge is 0.326 e. The van der Waals surface area contributed by atoms with E-state index in [2.05, 4.69) is 44.1 Å². The molecule has 104 heavy (non-hydrogen) atoms. The molecule has 26 nitrogen and oxygen atoms in total. The second-order valence-electron chi connectivity index (χ2n) is 28.8. The molecule has 0 saturated heterocycles. The minimum Gasteiger partial charge on any atom is -0.508 e. The molecule has 0 spiro atoms. The van der Waals surface area contributed by atoms with Gasteiger partial charge in [-0.25, -0.2) is 4.79 Å². The van der Waals surface area contributed by atoms with E-state index in [1.54, 1.807) is 19.1 Å². The first kappa shape index (κ1) is 94.5. The van der Waals surface area contributed by atoms with Crippen LogP contribution in [-0.4, -0.2) is 164 Å². The summed E-state index contributed by atoms with van der Waals surface area (Å²) in [7, 11) is 0. The number of rotatable bonds is 61. The third-order valence-corrected chi connectivity index (χ3v) is 19.2. The van der Waals surface area contributed by atoms with Gasteiger partial charge in [0.25, 0.3) is 0 Å². The molecule has 6 atom stereocenters. The molecule has 0 unspecified atom stereocenters. The van der Waals surface area contributed by atoms with Crippen LogP contribution in [0.15, 0.2) is 24.3 Å². The number of hydrogen-bond acceptors (Lipinski definition) is 17. The number of Topliss-reactive ketones (excluding diaryl/α,β-unsaturated/α-hetero) is 5. The van der Waals surface area contributed by atoms with Gasteiger partial charge >= 0.3 is 23.9 Å². The molecule has 0 aliphatic heterocycles. The molecule has 0 radical (unpaired) electrons. The number of aliphatic carboxylic acids is 4. The number of phenolic OH excluding ortho intramolecular Hbond substituents is 1. The highest BCUT2D eigenvalue weighted by molar-refractivity contribution is 5.97. The Hall–Kier alpha value is -7.48. The van der Waals surface area contributed by atoms with Crippen LogP contribution >= 0.6 is 0 Å². The van der Waals surface area contributed by atoms with E-state index in [1.165, 1.54) is 116 Å². The van der Waals surface area contributed by atoms with E-state index in [9.17, 15) is 87.5 Å². The van der Waals surface area contributed by atoms with E-state index in [0.29, 0.717) is 69.3 Å². The molecule has 1 aromatic rings. The SMILES string of the molecule is CCCC[C@H](NCC(=O)C(C)(C)NC(=O)[C@@H](Cc1ccc(O)cc1)NC(C)=O)C(=O)CN[C@@H](CCCCNC(=O)CC[C@H](CC(=O)CC[C@H](NC(=O)CC[C@H](CC(=O)C1CCC(C)CC1)C(=O)O)C(=O)O)C(=O)O)C(=O)CC.CCNC(=O)CCCCCCCCCCCCCCCCCCC(=O)O. The minimum atomic E-state index is -1.51. The first-order valence-corrected chi connectivity index (χ1v) is 38.6. The number of carbonyl (C=O) groups excluding carboxylic acids is 10. The molecule has 12 N–H and O–H groups in total. The summed E-state index contributed by atoms with van der Waals surface area (Å²) in [6, 6.07) is 2.19. The number of carboxylic acid groups (broad SMARTS) is 4. The van der Waals surface area contributed by atoms with Gasteiger partial charge in [-0.05, 0) is 115 Å². The summed E-state index contributed by atoms with van der Waals surface area (Å²) in [5, 5.41) is 66.6. The lowest BCUT2D eigenvalue weighted by molar-refractivity contribution is -0.145. The van der Waals surface area contributed by atoms with Crippen molar-refractivity contribution in [2.75, 3.05) is 26.2 Å². The number of ketones is 5. The standard InChI is InChI=1S/C56H86N6O16.C22H43NO3/c1-7-9-12-43(59-33-49(69)56(5,6)62-52(72)45(60-35(4)63)29-36-16-22-40(64)23-17-36)48(68)32-58-42(46(66)8-2)13-10-11-28-57-50(70)26-20-38(53(73)74)30-41(65)24-25-44(55(77)78)61-51(71)27-21-39(54(75)76)31-47(67)37-18-14-34(3)15-19-37;1-2-23-21(24)19-17-15-13-11-9-7-5-3-4-6-8-10-12-14-16-18-20-22(25)26/h16-17,22-23,34,37-39,42-45,58-59,64H,7-15,18-21,24-33H2,1-6H3,(H,57,70)(H,60,63)(H,61,71)(H,62,72)(H,73,74)(H,75,76)(H,77,78);2-20H2,1H3,(H,23,24)(H,25,26)/t34?,37?,38-,39-,42+,43+,44+,45-;/m1./s1. The Balaban J connectivity index is 0.00000175. The summed E-state index contributed by atoms with van der Waals surface area (Å²) >= 11 is 0. The number of benzene rings is 1. The largest absolute Gasteiger partial charge is 0.508 e. The van der Waals surface area contributed by atoms with Gasteiger partial charge in [-0.1, -0.05) is 148 Å². The zero-order valence-electron chi connectivity index (χ0n) is 63.6. The van der Waals surface area contributed by atoms with E-state index in [-0.39, 0.29) is 106 Å². The van der Waals surface area contributed by atoms with Gasteiger partial charge < -0.3 is 62.8 Å². The molecular weight excluding hydrogens is 1340 g/mol. The lowest BCUT2D eigenvalue weighted by Gasteiger charge is -2.29. The Morgan fingerprint density at radius 2 is 0.990 bits per heavy atom. The highest BCUT2D eigenvalue weighted by atomic mass is 16.4. The molecule has 5 amide bonds. The fourth-order valence-corrected chi connectivity index (χ4v) is 12.5. The van der Waals surface area contributed by atoms with Crippen molar-refractivity contribution in [1.82, 2.24) is 37.2 Å². The van der Waals surface area contributed by atoms with Crippen LogP contribution in [0.5, 0.6) is 5.75 Å². The van der Waals surface area contributed by atoms with Crippen LogP contribution in [0.2, 0.25) is 0 Å². The molecule has 2 rings (SSSR count). The lowest BCUT2D eigenvalue weighted by Crippen LogP contribution is -2.59. The topological polar surface area (TPSA) is 424 Å². The van der Waals surface area contributed by atoms with Crippen molar-refractivity contribution in [3.05, 3.63) is 29.8 Å². The summed E-state index contributed by atoms with van der Waals surface area (Å²) in [6.07, 6.45) is 25.1. The summed E-state index contributed by atoms with van der Waals surface area (Å²) in [6.45, 7) is 12.5. The number of carbonyl (C=O) groups is 14. The molecule has 0 bridgehead atoms. The fourth-order valence-electron chi connectivity index (χ4n) is 12.5. The third kappa shape index (κ3) is 45.7. The molecule has 0 heterocycles. The number of nitrogens with one attached hydrogen (secondary N) is 7. The number of phenols is 1. The van der Waals surface area contributed by atoms with Crippen LogP contribution in [-0.2, 0) is 73.5 Å². The maximum atomic E-state index is 13.6. The zero-order chi connectivity index (χ0) is 77.8. The quantitative estimate of drug-likeness (QED) is 0.0270. The Bertz CT molecular complexity index is 2790. The number of carboxylic acids is 4.